The van der Waals surface area contributed by atoms with Gasteiger partial charge in [0.2, 0.25) is 5.13 Å². The van der Waals surface area contributed by atoms with Crippen molar-refractivity contribution >= 4 is 16.7 Å². The summed E-state index contributed by atoms with van der Waals surface area (Å²) in [4.78, 5) is 7.23. The van der Waals surface area contributed by atoms with Crippen LogP contribution in [0.5, 0.6) is 0 Å². The molecule has 1 saturated heterocycles. The van der Waals surface area contributed by atoms with Crippen molar-refractivity contribution in [3.8, 4) is 0 Å². The number of aryl methyl sites for hydroxylation is 1. The van der Waals surface area contributed by atoms with Crippen LogP contribution >= 0.6 is 11.5 Å². The molecule has 4 nitrogen and oxygen atoms in total. The molecule has 2 unspecified atom stereocenters. The summed E-state index contributed by atoms with van der Waals surface area (Å²) < 4.78 is 10.6. The third kappa shape index (κ3) is 2.67. The van der Waals surface area contributed by atoms with Crippen molar-refractivity contribution in [2.24, 2.45) is 5.92 Å². The summed E-state index contributed by atoms with van der Waals surface area (Å²) >= 11 is 1.56. The molecule has 2 aromatic heterocycles. The Bertz CT molecular complexity index is 646. The van der Waals surface area contributed by atoms with Crippen LogP contribution in [0.1, 0.15) is 68.8 Å². The standard InChI is InChI=1S/C17H23N3OS/c1-3-13-6-7-15(21-13)14-10-11(2)8-9-20(14)17-18-16(19-22-17)12-4-5-12/h6-7,11-12,14H,3-5,8-10H2,1-2H3. The lowest BCUT2D eigenvalue weighted by Crippen LogP contribution is -2.36. The van der Waals surface area contributed by atoms with Crippen molar-refractivity contribution in [3.05, 3.63) is 29.5 Å². The zero-order chi connectivity index (χ0) is 15.1. The summed E-state index contributed by atoms with van der Waals surface area (Å²) in [5, 5.41) is 1.08. The summed E-state index contributed by atoms with van der Waals surface area (Å²) in [5.41, 5.74) is 0. The number of rotatable bonds is 4. The van der Waals surface area contributed by atoms with Crippen molar-refractivity contribution in [2.45, 2.75) is 57.9 Å². The summed E-state index contributed by atoms with van der Waals surface area (Å²) in [6.07, 6.45) is 5.82. The lowest BCUT2D eigenvalue weighted by molar-refractivity contribution is 0.322. The van der Waals surface area contributed by atoms with Gasteiger partial charge in [-0.15, -0.1) is 0 Å². The molecule has 22 heavy (non-hydrogen) atoms. The van der Waals surface area contributed by atoms with Gasteiger partial charge in [0, 0.05) is 30.4 Å². The predicted octanol–water partition coefficient (Wildman–Crippen LogP) is 4.55. The Kier molecular flexibility index (Phi) is 3.68. The van der Waals surface area contributed by atoms with Crippen LogP contribution in [0, 0.1) is 5.92 Å². The quantitative estimate of drug-likeness (QED) is 0.829. The van der Waals surface area contributed by atoms with Crippen molar-refractivity contribution in [1.29, 1.82) is 0 Å². The van der Waals surface area contributed by atoms with Gasteiger partial charge in [-0.3, -0.25) is 0 Å². The second-order valence-corrected chi connectivity index (χ2v) is 7.44. The van der Waals surface area contributed by atoms with E-state index in [1.165, 1.54) is 19.3 Å². The van der Waals surface area contributed by atoms with Crippen LogP contribution in [0.25, 0.3) is 0 Å². The third-order valence-electron chi connectivity index (χ3n) is 4.84. The van der Waals surface area contributed by atoms with Crippen LogP contribution in [-0.2, 0) is 6.42 Å². The van der Waals surface area contributed by atoms with Gasteiger partial charge in [0.1, 0.15) is 17.3 Å². The Hall–Kier alpha value is -1.36. The zero-order valence-corrected chi connectivity index (χ0v) is 14.1. The second-order valence-electron chi connectivity index (χ2n) is 6.71. The first-order valence-corrected chi connectivity index (χ1v) is 9.20. The molecule has 0 radical (unpaired) electrons. The lowest BCUT2D eigenvalue weighted by Gasteiger charge is -2.37. The number of nitrogens with zero attached hydrogens (tertiary/aromatic N) is 3. The fourth-order valence-corrected chi connectivity index (χ4v) is 4.08. The topological polar surface area (TPSA) is 42.2 Å². The zero-order valence-electron chi connectivity index (χ0n) is 13.3. The summed E-state index contributed by atoms with van der Waals surface area (Å²) in [5.74, 6) is 4.58. The normalized spacial score (nSPS) is 25.6. The minimum atomic E-state index is 0.309. The lowest BCUT2D eigenvalue weighted by atomic mass is 9.91. The SMILES string of the molecule is CCc1ccc(C2CC(C)CCN2c2nc(C3CC3)ns2)o1. The average molecular weight is 317 g/mol. The molecule has 0 aromatic carbocycles. The van der Waals surface area contributed by atoms with E-state index in [1.54, 1.807) is 11.5 Å². The van der Waals surface area contributed by atoms with Crippen LogP contribution in [0.3, 0.4) is 0 Å². The molecule has 2 atom stereocenters. The average Bonchev–Trinajstić information content (AvgIpc) is 3.08. The smallest absolute Gasteiger partial charge is 0.205 e. The fraction of sp³-hybridized carbons (Fsp3) is 0.647. The number of aromatic nitrogens is 2. The molecular weight excluding hydrogens is 294 g/mol. The van der Waals surface area contributed by atoms with Crippen LogP contribution in [0.15, 0.2) is 16.5 Å². The van der Waals surface area contributed by atoms with E-state index in [-0.39, 0.29) is 0 Å². The van der Waals surface area contributed by atoms with E-state index < -0.39 is 0 Å². The molecule has 0 bridgehead atoms. The Balaban J connectivity index is 1.61. The first-order chi connectivity index (χ1) is 10.7. The summed E-state index contributed by atoms with van der Waals surface area (Å²) in [6.45, 7) is 5.52. The number of hydrogen-bond acceptors (Lipinski definition) is 5. The molecule has 3 heterocycles. The Morgan fingerprint density at radius 2 is 2.18 bits per heavy atom. The highest BCUT2D eigenvalue weighted by Gasteiger charge is 2.34. The first-order valence-electron chi connectivity index (χ1n) is 8.43. The molecule has 4 rings (SSSR count). The molecule has 1 saturated carbocycles. The fourth-order valence-electron chi connectivity index (χ4n) is 3.25. The van der Waals surface area contributed by atoms with Crippen molar-refractivity contribution in [3.63, 3.8) is 0 Å². The highest BCUT2D eigenvalue weighted by atomic mass is 32.1. The molecule has 0 amide bonds. The molecule has 0 spiro atoms. The molecular formula is C17H23N3OS. The number of piperidine rings is 1. The third-order valence-corrected chi connectivity index (χ3v) is 5.61. The molecule has 2 aromatic rings. The maximum Gasteiger partial charge on any atom is 0.205 e. The number of furan rings is 1. The second kappa shape index (κ2) is 5.69. The van der Waals surface area contributed by atoms with Gasteiger partial charge in [0.15, 0.2) is 0 Å². The van der Waals surface area contributed by atoms with E-state index >= 15 is 0 Å². The van der Waals surface area contributed by atoms with E-state index in [0.717, 1.165) is 47.8 Å². The predicted molar refractivity (Wildman–Crippen MR) is 88.5 cm³/mol. The van der Waals surface area contributed by atoms with Gasteiger partial charge in [-0.1, -0.05) is 13.8 Å². The van der Waals surface area contributed by atoms with Gasteiger partial charge < -0.3 is 9.32 Å². The number of hydrogen-bond donors (Lipinski definition) is 0. The van der Waals surface area contributed by atoms with Gasteiger partial charge in [-0.05, 0) is 43.7 Å². The molecule has 2 fully saturated rings. The minimum absolute atomic E-state index is 0.309. The van der Waals surface area contributed by atoms with Crippen LogP contribution in [-0.4, -0.2) is 15.9 Å². The van der Waals surface area contributed by atoms with Gasteiger partial charge in [-0.25, -0.2) is 4.98 Å². The summed E-state index contributed by atoms with van der Waals surface area (Å²) in [6, 6.07) is 4.57. The number of anilines is 1. The Morgan fingerprint density at radius 3 is 2.91 bits per heavy atom. The summed E-state index contributed by atoms with van der Waals surface area (Å²) in [7, 11) is 0. The Labute approximate surface area is 135 Å². The Morgan fingerprint density at radius 1 is 1.32 bits per heavy atom. The molecule has 0 N–H and O–H groups in total. The highest BCUT2D eigenvalue weighted by molar-refractivity contribution is 7.09. The molecule has 1 aliphatic heterocycles. The van der Waals surface area contributed by atoms with Gasteiger partial charge in [0.25, 0.3) is 0 Å². The van der Waals surface area contributed by atoms with E-state index in [0.29, 0.717) is 12.0 Å². The largest absolute Gasteiger partial charge is 0.464 e. The molecule has 5 heteroatoms. The van der Waals surface area contributed by atoms with Crippen LogP contribution < -0.4 is 4.90 Å². The van der Waals surface area contributed by atoms with Gasteiger partial charge >= 0.3 is 0 Å². The molecule has 1 aliphatic carbocycles. The highest BCUT2D eigenvalue weighted by Crippen LogP contribution is 2.42. The maximum atomic E-state index is 6.05. The molecule has 118 valence electrons. The van der Waals surface area contributed by atoms with Gasteiger partial charge in [0.05, 0.1) is 6.04 Å². The van der Waals surface area contributed by atoms with Crippen LogP contribution in [0.2, 0.25) is 0 Å². The van der Waals surface area contributed by atoms with Crippen molar-refractivity contribution in [2.75, 3.05) is 11.4 Å². The maximum absolute atomic E-state index is 6.05. The minimum Gasteiger partial charge on any atom is -0.464 e. The van der Waals surface area contributed by atoms with E-state index in [1.807, 2.05) is 0 Å². The monoisotopic (exact) mass is 317 g/mol. The molecule has 2 aliphatic rings. The van der Waals surface area contributed by atoms with E-state index in [4.69, 9.17) is 9.40 Å². The van der Waals surface area contributed by atoms with E-state index in [2.05, 4.69) is 35.3 Å². The van der Waals surface area contributed by atoms with Crippen LogP contribution in [0.4, 0.5) is 5.13 Å². The first kappa shape index (κ1) is 14.2. The van der Waals surface area contributed by atoms with Gasteiger partial charge in [-0.2, -0.15) is 4.37 Å². The van der Waals surface area contributed by atoms with Crippen molar-refractivity contribution in [1.82, 2.24) is 9.36 Å². The van der Waals surface area contributed by atoms with Crippen molar-refractivity contribution < 1.29 is 4.42 Å². The van der Waals surface area contributed by atoms with E-state index in [9.17, 15) is 0 Å².